The largest absolute Gasteiger partial charge is 0.325 e. The molecule has 3 saturated carbocycles. The molecule has 34 heavy (non-hydrogen) atoms. The van der Waals surface area contributed by atoms with Gasteiger partial charge in [-0.3, -0.25) is 9.59 Å². The lowest BCUT2D eigenvalue weighted by atomic mass is 9.34. The third kappa shape index (κ3) is 2.74. The minimum atomic E-state index is -0.618. The smallest absolute Gasteiger partial charge is 0.178 e. The highest BCUT2D eigenvalue weighted by atomic mass is 16.1. The summed E-state index contributed by atoms with van der Waals surface area (Å²) in [6.07, 6.45) is 11.0. The van der Waals surface area contributed by atoms with E-state index in [2.05, 4.69) is 40.7 Å². The molecule has 0 bridgehead atoms. The zero-order chi connectivity index (χ0) is 25.1. The van der Waals surface area contributed by atoms with E-state index in [1.54, 1.807) is 0 Å². The average Bonchev–Trinajstić information content (AvgIpc) is 2.74. The SMILES string of the molecule is CC1(C)C(=O)C(C#N)=C[C@]2(C)C3=CC(=O)C4[C@@H]5C[C@@](C)(N)CC[C@]5(C)CC[C@@]4(C)[C@]3(C)CC[C@@H]12. The Morgan fingerprint density at radius 1 is 0.971 bits per heavy atom. The molecule has 0 radical (unpaired) electrons. The number of nitrogens with two attached hydrogens (primary N) is 1. The van der Waals surface area contributed by atoms with Crippen molar-refractivity contribution in [3.63, 3.8) is 0 Å². The van der Waals surface area contributed by atoms with Gasteiger partial charge in [0.25, 0.3) is 0 Å². The number of carbonyl (C=O) groups is 2. The van der Waals surface area contributed by atoms with Crippen LogP contribution in [0.1, 0.15) is 93.4 Å². The van der Waals surface area contributed by atoms with Gasteiger partial charge in [0.2, 0.25) is 0 Å². The van der Waals surface area contributed by atoms with Gasteiger partial charge >= 0.3 is 0 Å². The minimum absolute atomic E-state index is 0.0130. The molecule has 5 aliphatic rings. The minimum Gasteiger partial charge on any atom is -0.325 e. The summed E-state index contributed by atoms with van der Waals surface area (Å²) in [6, 6.07) is 2.19. The highest BCUT2D eigenvalue weighted by molar-refractivity contribution is 6.04. The lowest BCUT2D eigenvalue weighted by Gasteiger charge is -2.69. The van der Waals surface area contributed by atoms with Crippen LogP contribution in [-0.2, 0) is 9.59 Å². The Balaban J connectivity index is 1.69. The summed E-state index contributed by atoms with van der Waals surface area (Å²) >= 11 is 0. The summed E-state index contributed by atoms with van der Waals surface area (Å²) in [5, 5.41) is 9.82. The number of carbonyl (C=O) groups excluding carboxylic acids is 2. The van der Waals surface area contributed by atoms with Crippen molar-refractivity contribution < 1.29 is 9.59 Å². The Hall–Kier alpha value is -1.73. The first-order chi connectivity index (χ1) is 15.6. The van der Waals surface area contributed by atoms with Crippen LogP contribution < -0.4 is 5.73 Å². The summed E-state index contributed by atoms with van der Waals surface area (Å²) < 4.78 is 0. The molecular weight excluding hydrogens is 420 g/mol. The van der Waals surface area contributed by atoms with Gasteiger partial charge in [-0.15, -0.1) is 0 Å². The van der Waals surface area contributed by atoms with E-state index in [0.29, 0.717) is 5.92 Å². The number of hydrogen-bond donors (Lipinski definition) is 1. The van der Waals surface area contributed by atoms with Crippen LogP contribution in [0.25, 0.3) is 0 Å². The molecule has 5 rings (SSSR count). The van der Waals surface area contributed by atoms with Crippen molar-refractivity contribution in [3.8, 4) is 6.07 Å². The number of fused-ring (bicyclic) bond motifs is 7. The number of nitriles is 1. The van der Waals surface area contributed by atoms with Crippen LogP contribution in [0, 0.1) is 56.2 Å². The van der Waals surface area contributed by atoms with E-state index in [-0.39, 0.29) is 50.8 Å². The van der Waals surface area contributed by atoms with Crippen LogP contribution in [0.3, 0.4) is 0 Å². The average molecular weight is 463 g/mol. The maximum absolute atomic E-state index is 14.2. The summed E-state index contributed by atoms with van der Waals surface area (Å²) in [4.78, 5) is 27.3. The fourth-order valence-electron chi connectivity index (χ4n) is 9.75. The van der Waals surface area contributed by atoms with Crippen LogP contribution in [0.4, 0.5) is 0 Å². The second-order valence-corrected chi connectivity index (χ2v) is 14.4. The normalized spacial score (nSPS) is 51.7. The molecule has 0 aromatic heterocycles. The maximum atomic E-state index is 14.2. The standard InChI is InChI=1S/C30H42N2O2/c1-25(2)21-8-9-29(6)22(28(21,5)15-18(17-31)24(25)34)14-20(33)23-19-16-27(4,32)12-10-26(19,3)11-13-30(23,29)7/h14-15,19,21,23H,8-13,16,32H2,1-7H3/t19-,21-,23?,26+,27-,28-,29+,30+/m0/s1. The van der Waals surface area contributed by atoms with Crippen molar-refractivity contribution in [2.45, 2.75) is 99.0 Å². The van der Waals surface area contributed by atoms with Crippen molar-refractivity contribution in [1.82, 2.24) is 0 Å². The zero-order valence-electron chi connectivity index (χ0n) is 22.2. The third-order valence-corrected chi connectivity index (χ3v) is 12.1. The first-order valence-corrected chi connectivity index (χ1v) is 13.3. The molecule has 8 atom stereocenters. The second-order valence-electron chi connectivity index (χ2n) is 14.4. The molecule has 0 aliphatic heterocycles. The number of allylic oxidation sites excluding steroid dienone is 4. The van der Waals surface area contributed by atoms with Crippen molar-refractivity contribution in [3.05, 3.63) is 23.3 Å². The predicted molar refractivity (Wildman–Crippen MR) is 133 cm³/mol. The molecule has 1 unspecified atom stereocenters. The van der Waals surface area contributed by atoms with E-state index in [9.17, 15) is 14.9 Å². The van der Waals surface area contributed by atoms with E-state index < -0.39 is 10.8 Å². The van der Waals surface area contributed by atoms with E-state index in [0.717, 1.165) is 44.9 Å². The molecule has 4 nitrogen and oxygen atoms in total. The van der Waals surface area contributed by atoms with Crippen molar-refractivity contribution in [2.24, 2.45) is 50.6 Å². The van der Waals surface area contributed by atoms with Gasteiger partial charge < -0.3 is 5.73 Å². The van der Waals surface area contributed by atoms with Gasteiger partial charge in [-0.2, -0.15) is 5.26 Å². The monoisotopic (exact) mass is 462 g/mol. The summed E-state index contributed by atoms with van der Waals surface area (Å²) in [7, 11) is 0. The molecule has 0 heterocycles. The van der Waals surface area contributed by atoms with Crippen LogP contribution in [0.2, 0.25) is 0 Å². The Morgan fingerprint density at radius 2 is 1.62 bits per heavy atom. The molecule has 0 amide bonds. The number of rotatable bonds is 0. The second kappa shape index (κ2) is 6.73. The Morgan fingerprint density at radius 3 is 2.26 bits per heavy atom. The lowest BCUT2D eigenvalue weighted by Crippen LogP contribution is -2.65. The van der Waals surface area contributed by atoms with E-state index in [4.69, 9.17) is 5.73 Å². The number of ketones is 2. The molecule has 0 aromatic rings. The summed E-state index contributed by atoms with van der Waals surface area (Å²) in [5.74, 6) is 0.587. The van der Waals surface area contributed by atoms with Crippen molar-refractivity contribution in [1.29, 1.82) is 5.26 Å². The van der Waals surface area contributed by atoms with Gasteiger partial charge in [-0.25, -0.2) is 0 Å². The van der Waals surface area contributed by atoms with Gasteiger partial charge in [-0.1, -0.05) is 53.2 Å². The van der Waals surface area contributed by atoms with E-state index in [1.807, 2.05) is 26.0 Å². The molecular formula is C30H42N2O2. The third-order valence-electron chi connectivity index (χ3n) is 12.1. The quantitative estimate of drug-likeness (QED) is 0.484. The number of nitrogens with zero attached hydrogens (tertiary/aromatic N) is 1. The Labute approximate surface area is 205 Å². The van der Waals surface area contributed by atoms with Gasteiger partial charge in [-0.05, 0) is 86.0 Å². The van der Waals surface area contributed by atoms with Gasteiger partial charge in [0.05, 0.1) is 5.57 Å². The van der Waals surface area contributed by atoms with Crippen LogP contribution >= 0.6 is 0 Å². The summed E-state index contributed by atoms with van der Waals surface area (Å²) in [6.45, 7) is 15.5. The lowest BCUT2D eigenvalue weighted by molar-refractivity contribution is -0.165. The van der Waals surface area contributed by atoms with Crippen LogP contribution in [-0.4, -0.2) is 17.1 Å². The fourth-order valence-corrected chi connectivity index (χ4v) is 9.75. The molecule has 0 saturated heterocycles. The molecule has 2 N–H and O–H groups in total. The van der Waals surface area contributed by atoms with Crippen molar-refractivity contribution in [2.75, 3.05) is 0 Å². The first kappa shape index (κ1) is 24.0. The first-order valence-electron chi connectivity index (χ1n) is 13.3. The number of Topliss-reactive ketones (excluding diaryl/α,β-unsaturated/α-hetero) is 1. The van der Waals surface area contributed by atoms with Crippen molar-refractivity contribution >= 4 is 11.6 Å². The highest BCUT2D eigenvalue weighted by Gasteiger charge is 2.69. The maximum Gasteiger partial charge on any atom is 0.178 e. The van der Waals surface area contributed by atoms with Crippen LogP contribution in [0.5, 0.6) is 0 Å². The van der Waals surface area contributed by atoms with E-state index >= 15 is 0 Å². The Bertz CT molecular complexity index is 1090. The fraction of sp³-hybridized carbons (Fsp3) is 0.767. The zero-order valence-corrected chi connectivity index (χ0v) is 22.2. The molecule has 4 heteroatoms. The molecule has 0 spiro atoms. The molecule has 184 valence electrons. The summed E-state index contributed by atoms with van der Waals surface area (Å²) in [5.41, 5.74) is 6.72. The topological polar surface area (TPSA) is 84.0 Å². The van der Waals surface area contributed by atoms with E-state index in [1.165, 1.54) is 5.57 Å². The van der Waals surface area contributed by atoms with Gasteiger partial charge in [0.1, 0.15) is 6.07 Å². The highest BCUT2D eigenvalue weighted by Crippen LogP contribution is 2.74. The van der Waals surface area contributed by atoms with Gasteiger partial charge in [0.15, 0.2) is 11.6 Å². The molecule has 0 aromatic carbocycles. The molecule has 5 aliphatic carbocycles. The Kier molecular flexibility index (Phi) is 4.74. The number of hydrogen-bond acceptors (Lipinski definition) is 4. The van der Waals surface area contributed by atoms with Crippen LogP contribution in [0.15, 0.2) is 23.3 Å². The predicted octanol–water partition coefficient (Wildman–Crippen LogP) is 5.92. The van der Waals surface area contributed by atoms with Gasteiger partial charge in [0, 0.05) is 22.3 Å². The molecule has 3 fully saturated rings.